The fourth-order valence-corrected chi connectivity index (χ4v) is 8.73. The molecule has 0 fully saturated rings. The lowest BCUT2D eigenvalue weighted by atomic mass is 9.82. The number of hydrogen-bond acceptors (Lipinski definition) is 1. The lowest BCUT2D eigenvalue weighted by Gasteiger charge is -2.25. The Hall–Kier alpha value is -5.68. The van der Waals surface area contributed by atoms with E-state index in [0.717, 1.165) is 73.1 Å². The van der Waals surface area contributed by atoms with Gasteiger partial charge in [-0.2, -0.15) is 0 Å². The molecule has 6 aromatic rings. The second kappa shape index (κ2) is 15.0. The van der Waals surface area contributed by atoms with Crippen molar-refractivity contribution in [2.75, 3.05) is 7.11 Å². The molecule has 2 aliphatic heterocycles. The van der Waals surface area contributed by atoms with Crippen LogP contribution in [0.25, 0.3) is 33.5 Å². The van der Waals surface area contributed by atoms with Crippen molar-refractivity contribution in [3.63, 3.8) is 0 Å². The molecule has 0 bridgehead atoms. The zero-order valence-corrected chi connectivity index (χ0v) is 38.5. The van der Waals surface area contributed by atoms with Gasteiger partial charge in [0.25, 0.3) is 0 Å². The van der Waals surface area contributed by atoms with Gasteiger partial charge in [0.15, 0.2) is 5.71 Å². The zero-order chi connectivity index (χ0) is 43.8. The molecule has 0 radical (unpaired) electrons. The summed E-state index contributed by atoms with van der Waals surface area (Å²) in [6.07, 6.45) is 2.21. The van der Waals surface area contributed by atoms with E-state index in [1.807, 2.05) is 21.1 Å². The third-order valence-corrected chi connectivity index (χ3v) is 12.6. The summed E-state index contributed by atoms with van der Waals surface area (Å²) < 4.78 is 28.4. The van der Waals surface area contributed by atoms with Gasteiger partial charge in [-0.25, -0.2) is 8.80 Å². The molecule has 0 aliphatic carbocycles. The fraction of sp³-hybridized carbons (Fsp3) is 0.304. The molecule has 0 spiro atoms. The Bertz CT molecular complexity index is 2700. The Morgan fingerprint density at radius 3 is 1.31 bits per heavy atom. The first-order valence-electron chi connectivity index (χ1n) is 21.8. The second-order valence-corrected chi connectivity index (χ2v) is 21.0. The summed E-state index contributed by atoms with van der Waals surface area (Å²) in [4.78, 5) is 0. The maximum absolute atomic E-state index is 18.8. The number of aromatic nitrogens is 1. The molecule has 0 saturated heterocycles. The predicted octanol–water partition coefficient (Wildman–Crippen LogP) is 14.2. The number of rotatable bonds is 6. The molecular weight excluding hydrogens is 746 g/mol. The molecule has 61 heavy (non-hydrogen) atoms. The fourth-order valence-electron chi connectivity index (χ4n) is 8.73. The number of allylic oxidation sites excluding steroid dienone is 2. The number of ether oxygens (including phenoxy) is 1. The van der Waals surface area contributed by atoms with Gasteiger partial charge < -0.3 is 4.74 Å². The molecule has 0 atom stereocenters. The largest absolute Gasteiger partial charge is 0.847 e. The molecule has 310 valence electrons. The van der Waals surface area contributed by atoms with Crippen LogP contribution in [0.5, 0.6) is 5.75 Å². The van der Waals surface area contributed by atoms with E-state index in [1.54, 1.807) is 7.11 Å². The third-order valence-electron chi connectivity index (χ3n) is 12.6. The highest BCUT2D eigenvalue weighted by molar-refractivity contribution is 6.46. The summed E-state index contributed by atoms with van der Waals surface area (Å²) in [6, 6.07) is 45.7. The van der Waals surface area contributed by atoms with Gasteiger partial charge in [0.1, 0.15) is 5.75 Å². The first-order chi connectivity index (χ1) is 28.6. The number of benzene rings is 5. The molecule has 3 heterocycles. The highest BCUT2D eigenvalue weighted by Gasteiger charge is 2.54. The monoisotopic (exact) mass is 807 g/mol. The standard InChI is InChI=1S/C56H61BFN2O/c1-53(2,3)41-24-14-36(15-25-41)46-34-48(38-18-28-43(29-19-38)55(7,8)9)59-51(46)50(40-22-32-45(61-13)33-23-40)52-47(37-16-26-42(27-17-37)54(4,5)6)35-49(60(52)57(59)58)39-20-30-44(31-21-39)56(10,11)12/h14-35H,1-13H3/q+1. The van der Waals surface area contributed by atoms with E-state index < -0.39 is 7.26 Å². The van der Waals surface area contributed by atoms with Crippen LogP contribution in [0.4, 0.5) is 4.32 Å². The average molecular weight is 808 g/mol. The SMILES string of the molecule is COc1ccc(C2=C3C(c4ccc(C(C)(C)C)cc4)=CC(c4ccc(C(C)(C)C)cc4)=[N+]3B(F)n3c(-c4ccc(C(C)(C)C)cc4)cc(-c4ccc(C(C)(C)C)cc4)c32)cc1. The van der Waals surface area contributed by atoms with Crippen molar-refractivity contribution in [3.05, 3.63) is 184 Å². The maximum atomic E-state index is 18.8. The van der Waals surface area contributed by atoms with Crippen LogP contribution in [0, 0.1) is 0 Å². The van der Waals surface area contributed by atoms with Crippen molar-refractivity contribution < 1.29 is 13.5 Å². The normalized spacial score (nSPS) is 14.7. The molecule has 0 N–H and O–H groups in total. The maximum Gasteiger partial charge on any atom is 0.847 e. The van der Waals surface area contributed by atoms with Crippen LogP contribution in [0.3, 0.4) is 0 Å². The van der Waals surface area contributed by atoms with Crippen molar-refractivity contribution in [2.24, 2.45) is 0 Å². The zero-order valence-electron chi connectivity index (χ0n) is 38.5. The third kappa shape index (κ3) is 7.77. The van der Waals surface area contributed by atoms with Gasteiger partial charge in [0, 0.05) is 22.9 Å². The van der Waals surface area contributed by atoms with Crippen LogP contribution in [-0.4, -0.2) is 29.0 Å². The minimum atomic E-state index is -1.56. The minimum Gasteiger partial charge on any atom is -0.497 e. The first-order valence-corrected chi connectivity index (χ1v) is 21.8. The quantitative estimate of drug-likeness (QED) is 0.153. The van der Waals surface area contributed by atoms with Crippen molar-refractivity contribution in [1.82, 2.24) is 4.48 Å². The first kappa shape index (κ1) is 42.0. The van der Waals surface area contributed by atoms with Crippen LogP contribution in [0.2, 0.25) is 0 Å². The smallest absolute Gasteiger partial charge is 0.497 e. The molecule has 8 rings (SSSR count). The number of fused-ring (bicyclic) bond motifs is 2. The van der Waals surface area contributed by atoms with Gasteiger partial charge in [-0.05, 0) is 96.5 Å². The molecule has 0 unspecified atom stereocenters. The molecule has 0 saturated carbocycles. The highest BCUT2D eigenvalue weighted by Crippen LogP contribution is 2.49. The molecule has 5 aromatic carbocycles. The van der Waals surface area contributed by atoms with Crippen LogP contribution in [0.15, 0.2) is 139 Å². The molecule has 2 aliphatic rings. The predicted molar refractivity (Wildman–Crippen MR) is 257 cm³/mol. The van der Waals surface area contributed by atoms with Crippen LogP contribution < -0.4 is 4.74 Å². The summed E-state index contributed by atoms with van der Waals surface area (Å²) in [5, 5.41) is 0. The van der Waals surface area contributed by atoms with Gasteiger partial charge in [-0.1, -0.05) is 180 Å². The molecule has 5 heteroatoms. The van der Waals surface area contributed by atoms with Gasteiger partial charge in [-0.15, -0.1) is 0 Å². The number of methoxy groups -OCH3 is 1. The van der Waals surface area contributed by atoms with Crippen molar-refractivity contribution in [2.45, 2.75) is 105 Å². The molecule has 0 amide bonds. The number of hydrogen-bond donors (Lipinski definition) is 0. The topological polar surface area (TPSA) is 17.2 Å². The molecule has 1 aromatic heterocycles. The Kier molecular flexibility index (Phi) is 10.4. The van der Waals surface area contributed by atoms with E-state index >= 15 is 4.32 Å². The summed E-state index contributed by atoms with van der Waals surface area (Å²) >= 11 is 0. The Labute approximate surface area is 364 Å². The average Bonchev–Trinajstić information content (AvgIpc) is 3.81. The minimum absolute atomic E-state index is 0.0111. The van der Waals surface area contributed by atoms with E-state index in [9.17, 15) is 0 Å². The van der Waals surface area contributed by atoms with Crippen molar-refractivity contribution >= 4 is 24.1 Å². The molecular formula is C56H61BFN2O+. The summed E-state index contributed by atoms with van der Waals surface area (Å²) in [6.45, 7) is 26.8. The van der Waals surface area contributed by atoms with Gasteiger partial charge in [-0.3, -0.25) is 4.48 Å². The van der Waals surface area contributed by atoms with E-state index in [2.05, 4.69) is 204 Å². The lowest BCUT2D eigenvalue weighted by molar-refractivity contribution is -0.332. The van der Waals surface area contributed by atoms with E-state index in [4.69, 9.17) is 4.74 Å². The summed E-state index contributed by atoms with van der Waals surface area (Å²) in [5.74, 6) is 0.768. The van der Waals surface area contributed by atoms with E-state index in [0.29, 0.717) is 0 Å². The molecule has 3 nitrogen and oxygen atoms in total. The van der Waals surface area contributed by atoms with Crippen molar-refractivity contribution in [3.8, 4) is 28.1 Å². The number of halogens is 1. The Balaban J connectivity index is 1.49. The van der Waals surface area contributed by atoms with Gasteiger partial charge >= 0.3 is 7.26 Å². The van der Waals surface area contributed by atoms with Crippen LogP contribution >= 0.6 is 0 Å². The Morgan fingerprint density at radius 1 is 0.492 bits per heavy atom. The Morgan fingerprint density at radius 2 is 0.885 bits per heavy atom. The number of nitrogens with zero attached hydrogens (tertiary/aromatic N) is 2. The van der Waals surface area contributed by atoms with E-state index in [-0.39, 0.29) is 21.7 Å². The van der Waals surface area contributed by atoms with Crippen LogP contribution in [-0.2, 0) is 21.7 Å². The van der Waals surface area contributed by atoms with E-state index in [1.165, 1.54) is 22.3 Å². The highest BCUT2D eigenvalue weighted by atomic mass is 19.1. The summed E-state index contributed by atoms with van der Waals surface area (Å²) in [7, 11) is 0.131. The summed E-state index contributed by atoms with van der Waals surface area (Å²) in [5.41, 5.74) is 16.2. The van der Waals surface area contributed by atoms with Crippen molar-refractivity contribution in [1.29, 1.82) is 0 Å². The van der Waals surface area contributed by atoms with Gasteiger partial charge in [0.2, 0.25) is 5.70 Å². The van der Waals surface area contributed by atoms with Crippen LogP contribution in [0.1, 0.15) is 128 Å². The van der Waals surface area contributed by atoms with Gasteiger partial charge in [0.05, 0.1) is 23.9 Å². The second-order valence-electron chi connectivity index (χ2n) is 21.0. The lowest BCUT2D eigenvalue weighted by Crippen LogP contribution is -2.41.